The van der Waals surface area contributed by atoms with Gasteiger partial charge < -0.3 is 19.5 Å². The van der Waals surface area contributed by atoms with Crippen molar-refractivity contribution in [2.45, 2.75) is 38.1 Å². The third-order valence-corrected chi connectivity index (χ3v) is 6.72. The van der Waals surface area contributed by atoms with Crippen molar-refractivity contribution in [3.8, 4) is 0 Å². The molecule has 0 unspecified atom stereocenters. The van der Waals surface area contributed by atoms with E-state index in [9.17, 15) is 9.59 Å². The summed E-state index contributed by atoms with van der Waals surface area (Å²) in [5.74, 6) is -0.191. The SMILES string of the molecule is O=C(Nc1c(C(=O)N2CCC(N3CCCCC3)CC2)oc2ccccc12)c1ccccc1. The summed E-state index contributed by atoms with van der Waals surface area (Å²) < 4.78 is 5.98. The molecule has 6 heteroatoms. The summed E-state index contributed by atoms with van der Waals surface area (Å²) >= 11 is 0. The molecule has 0 atom stereocenters. The zero-order chi connectivity index (χ0) is 21.9. The van der Waals surface area contributed by atoms with E-state index >= 15 is 0 Å². The van der Waals surface area contributed by atoms with E-state index in [-0.39, 0.29) is 17.6 Å². The molecule has 0 aliphatic carbocycles. The monoisotopic (exact) mass is 431 g/mol. The Kier molecular flexibility index (Phi) is 5.95. The van der Waals surface area contributed by atoms with E-state index in [0.29, 0.717) is 36.0 Å². The van der Waals surface area contributed by atoms with Crippen LogP contribution in [0.25, 0.3) is 11.0 Å². The van der Waals surface area contributed by atoms with E-state index in [1.165, 1.54) is 32.4 Å². The van der Waals surface area contributed by atoms with Crippen molar-refractivity contribution in [1.29, 1.82) is 0 Å². The van der Waals surface area contributed by atoms with Crippen molar-refractivity contribution in [3.05, 3.63) is 65.9 Å². The second kappa shape index (κ2) is 9.17. The van der Waals surface area contributed by atoms with Crippen molar-refractivity contribution in [2.24, 2.45) is 0 Å². The van der Waals surface area contributed by atoms with Gasteiger partial charge in [-0.05, 0) is 63.0 Å². The van der Waals surface area contributed by atoms with Crippen LogP contribution in [0.3, 0.4) is 0 Å². The maximum absolute atomic E-state index is 13.5. The van der Waals surface area contributed by atoms with Crippen LogP contribution in [0, 0.1) is 0 Å². The molecule has 5 rings (SSSR count). The molecular weight excluding hydrogens is 402 g/mol. The largest absolute Gasteiger partial charge is 0.449 e. The normalized spacial score (nSPS) is 18.1. The zero-order valence-corrected chi connectivity index (χ0v) is 18.3. The van der Waals surface area contributed by atoms with Gasteiger partial charge in [-0.1, -0.05) is 36.8 Å². The molecule has 2 aliphatic rings. The highest BCUT2D eigenvalue weighted by atomic mass is 16.3. The molecule has 32 heavy (non-hydrogen) atoms. The molecule has 0 bridgehead atoms. The van der Waals surface area contributed by atoms with Crippen LogP contribution in [0.5, 0.6) is 0 Å². The van der Waals surface area contributed by atoms with E-state index < -0.39 is 0 Å². The molecule has 6 nitrogen and oxygen atoms in total. The van der Waals surface area contributed by atoms with Crippen molar-refractivity contribution in [2.75, 3.05) is 31.5 Å². The van der Waals surface area contributed by atoms with Gasteiger partial charge >= 0.3 is 0 Å². The Morgan fingerprint density at radius 1 is 0.844 bits per heavy atom. The Balaban J connectivity index is 1.36. The van der Waals surface area contributed by atoms with Crippen LogP contribution in [-0.2, 0) is 0 Å². The third-order valence-electron chi connectivity index (χ3n) is 6.72. The number of rotatable bonds is 4. The summed E-state index contributed by atoms with van der Waals surface area (Å²) in [7, 11) is 0. The molecule has 2 fully saturated rings. The van der Waals surface area contributed by atoms with Gasteiger partial charge in [0.1, 0.15) is 11.3 Å². The number of carbonyl (C=O) groups is 2. The number of anilines is 1. The lowest BCUT2D eigenvalue weighted by atomic mass is 9.99. The number of fused-ring (bicyclic) bond motifs is 1. The number of amides is 2. The Morgan fingerprint density at radius 2 is 1.53 bits per heavy atom. The summed E-state index contributed by atoms with van der Waals surface area (Å²) in [6, 6.07) is 17.0. The summed E-state index contributed by atoms with van der Waals surface area (Å²) in [6.45, 7) is 3.78. The first-order chi connectivity index (χ1) is 15.7. The molecule has 3 heterocycles. The lowest BCUT2D eigenvalue weighted by Gasteiger charge is -2.40. The maximum Gasteiger partial charge on any atom is 0.291 e. The molecule has 2 aliphatic heterocycles. The van der Waals surface area contributed by atoms with Crippen molar-refractivity contribution in [3.63, 3.8) is 0 Å². The van der Waals surface area contributed by atoms with E-state index in [2.05, 4.69) is 10.2 Å². The minimum Gasteiger partial charge on any atom is -0.449 e. The van der Waals surface area contributed by atoms with Crippen molar-refractivity contribution in [1.82, 2.24) is 9.80 Å². The Morgan fingerprint density at radius 3 is 2.28 bits per heavy atom. The Hall–Kier alpha value is -3.12. The predicted octanol–water partition coefficient (Wildman–Crippen LogP) is 4.78. The topological polar surface area (TPSA) is 65.8 Å². The minimum atomic E-state index is -0.255. The fourth-order valence-electron chi connectivity index (χ4n) is 4.96. The highest BCUT2D eigenvalue weighted by Crippen LogP contribution is 2.33. The smallest absolute Gasteiger partial charge is 0.291 e. The average Bonchev–Trinajstić information content (AvgIpc) is 3.23. The van der Waals surface area contributed by atoms with Crippen LogP contribution in [0.4, 0.5) is 5.69 Å². The maximum atomic E-state index is 13.5. The predicted molar refractivity (Wildman–Crippen MR) is 125 cm³/mol. The number of hydrogen-bond acceptors (Lipinski definition) is 4. The number of benzene rings is 2. The fourth-order valence-corrected chi connectivity index (χ4v) is 4.96. The number of furan rings is 1. The molecule has 0 spiro atoms. The van der Waals surface area contributed by atoms with Gasteiger partial charge in [0.15, 0.2) is 0 Å². The lowest BCUT2D eigenvalue weighted by molar-refractivity contribution is 0.0565. The van der Waals surface area contributed by atoms with Crippen LogP contribution >= 0.6 is 0 Å². The number of nitrogens with zero attached hydrogens (tertiary/aromatic N) is 2. The van der Waals surface area contributed by atoms with Gasteiger partial charge in [0.2, 0.25) is 5.76 Å². The van der Waals surface area contributed by atoms with Gasteiger partial charge in [-0.15, -0.1) is 0 Å². The summed E-state index contributed by atoms with van der Waals surface area (Å²) in [6.07, 6.45) is 5.86. The van der Waals surface area contributed by atoms with E-state index in [0.717, 1.165) is 18.2 Å². The molecule has 0 radical (unpaired) electrons. The molecule has 1 aromatic heterocycles. The molecule has 2 amide bonds. The molecule has 1 N–H and O–H groups in total. The number of carbonyl (C=O) groups excluding carboxylic acids is 2. The van der Waals surface area contributed by atoms with Gasteiger partial charge in [0.25, 0.3) is 11.8 Å². The Labute approximate surface area is 188 Å². The molecule has 2 saturated heterocycles. The van der Waals surface area contributed by atoms with Crippen molar-refractivity contribution < 1.29 is 14.0 Å². The molecular formula is C26H29N3O3. The van der Waals surface area contributed by atoms with E-state index in [4.69, 9.17) is 4.42 Å². The highest BCUT2D eigenvalue weighted by molar-refractivity contribution is 6.14. The van der Waals surface area contributed by atoms with Gasteiger partial charge in [0, 0.05) is 30.1 Å². The number of nitrogens with one attached hydrogen (secondary N) is 1. The fraction of sp³-hybridized carbons (Fsp3) is 0.385. The first kappa shape index (κ1) is 20.8. The highest BCUT2D eigenvalue weighted by Gasteiger charge is 2.31. The number of likely N-dealkylation sites (tertiary alicyclic amines) is 2. The Bertz CT molecular complexity index is 1090. The summed E-state index contributed by atoms with van der Waals surface area (Å²) in [5.41, 5.74) is 1.60. The van der Waals surface area contributed by atoms with Crippen LogP contribution in [0.1, 0.15) is 53.0 Å². The first-order valence-electron chi connectivity index (χ1n) is 11.6. The minimum absolute atomic E-state index is 0.151. The zero-order valence-electron chi connectivity index (χ0n) is 18.3. The number of piperidine rings is 2. The van der Waals surface area contributed by atoms with Gasteiger partial charge in [-0.2, -0.15) is 0 Å². The van der Waals surface area contributed by atoms with E-state index in [1.807, 2.05) is 47.4 Å². The van der Waals surface area contributed by atoms with Crippen LogP contribution in [-0.4, -0.2) is 53.8 Å². The molecule has 0 saturated carbocycles. The quantitative estimate of drug-likeness (QED) is 0.646. The molecule has 2 aromatic carbocycles. The van der Waals surface area contributed by atoms with Crippen LogP contribution in [0.2, 0.25) is 0 Å². The van der Waals surface area contributed by atoms with Gasteiger partial charge in [0.05, 0.1) is 0 Å². The first-order valence-corrected chi connectivity index (χ1v) is 11.6. The van der Waals surface area contributed by atoms with Gasteiger partial charge in [-0.3, -0.25) is 9.59 Å². The van der Waals surface area contributed by atoms with E-state index in [1.54, 1.807) is 12.1 Å². The van der Waals surface area contributed by atoms with Gasteiger partial charge in [-0.25, -0.2) is 0 Å². The van der Waals surface area contributed by atoms with Crippen molar-refractivity contribution >= 4 is 28.5 Å². The lowest BCUT2D eigenvalue weighted by Crippen LogP contribution is -2.48. The third kappa shape index (κ3) is 4.15. The molecule has 166 valence electrons. The summed E-state index contributed by atoms with van der Waals surface area (Å²) in [4.78, 5) is 30.8. The number of hydrogen-bond donors (Lipinski definition) is 1. The van der Waals surface area contributed by atoms with Crippen LogP contribution in [0.15, 0.2) is 59.0 Å². The second-order valence-corrected chi connectivity index (χ2v) is 8.74. The number of para-hydroxylation sites is 1. The average molecular weight is 432 g/mol. The molecule has 3 aromatic rings. The summed E-state index contributed by atoms with van der Waals surface area (Å²) in [5, 5.41) is 3.68. The standard InChI is InChI=1S/C26H29N3O3/c30-25(19-9-3-1-4-10-19)27-23-21-11-5-6-12-22(21)32-24(23)26(31)29-17-13-20(14-18-29)28-15-7-2-8-16-28/h1,3-6,9-12,20H,2,7-8,13-18H2,(H,27,30). The second-order valence-electron chi connectivity index (χ2n) is 8.74. The van der Waals surface area contributed by atoms with Crippen LogP contribution < -0.4 is 5.32 Å².